The van der Waals surface area contributed by atoms with Gasteiger partial charge in [0.05, 0.1) is 26.7 Å². The molecule has 9 heteroatoms. The van der Waals surface area contributed by atoms with E-state index in [-0.39, 0.29) is 28.3 Å². The fourth-order valence-electron chi connectivity index (χ4n) is 2.60. The highest BCUT2D eigenvalue weighted by atomic mass is 35.5. The van der Waals surface area contributed by atoms with E-state index in [9.17, 15) is 13.2 Å². The Kier molecular flexibility index (Phi) is 8.97. The third kappa shape index (κ3) is 6.87. The van der Waals surface area contributed by atoms with Crippen molar-refractivity contribution in [1.29, 1.82) is 0 Å². The smallest absolute Gasteiger partial charge is 0.264 e. The quantitative estimate of drug-likeness (QED) is 0.518. The Morgan fingerprint density at radius 3 is 2.37 bits per heavy atom. The molecule has 1 amide bonds. The summed E-state index contributed by atoms with van der Waals surface area (Å²) in [5, 5.41) is 3.22. The zero-order valence-corrected chi connectivity index (χ0v) is 19.5. The largest absolute Gasteiger partial charge is 0.379 e. The Morgan fingerprint density at radius 2 is 1.77 bits per heavy atom. The molecule has 0 unspecified atom stereocenters. The van der Waals surface area contributed by atoms with E-state index in [0.29, 0.717) is 24.6 Å². The summed E-state index contributed by atoms with van der Waals surface area (Å²) in [6, 6.07) is 10.9. The van der Waals surface area contributed by atoms with Gasteiger partial charge in [-0.05, 0) is 57.5 Å². The molecule has 0 saturated carbocycles. The zero-order valence-electron chi connectivity index (χ0n) is 17.2. The number of ether oxygens (including phenoxy) is 1. The van der Waals surface area contributed by atoms with Crippen LogP contribution in [0.1, 0.15) is 25.8 Å². The summed E-state index contributed by atoms with van der Waals surface area (Å²) in [5.41, 5.74) is 1.18. The number of carbonyl (C=O) groups is 1. The molecule has 164 valence electrons. The number of aryl methyl sites for hydroxylation is 1. The van der Waals surface area contributed by atoms with Crippen LogP contribution < -0.4 is 9.62 Å². The summed E-state index contributed by atoms with van der Waals surface area (Å²) in [6.45, 7) is 6.23. The van der Waals surface area contributed by atoms with Crippen molar-refractivity contribution in [3.63, 3.8) is 0 Å². The van der Waals surface area contributed by atoms with E-state index in [4.69, 9.17) is 27.9 Å². The predicted molar refractivity (Wildman–Crippen MR) is 121 cm³/mol. The average Bonchev–Trinajstić information content (AvgIpc) is 2.68. The molecule has 0 saturated heterocycles. The average molecular weight is 473 g/mol. The number of amides is 1. The number of hydrogen-bond donors (Lipinski definition) is 1. The maximum atomic E-state index is 13.3. The van der Waals surface area contributed by atoms with E-state index in [1.54, 1.807) is 12.1 Å². The predicted octanol–water partition coefficient (Wildman–Crippen LogP) is 4.43. The number of nitrogens with one attached hydrogen (secondary N) is 1. The minimum atomic E-state index is -4.00. The van der Waals surface area contributed by atoms with Crippen LogP contribution in [0.4, 0.5) is 5.69 Å². The number of benzene rings is 2. The standard InChI is InChI=1S/C21H26Cl2N2O4S/c1-15(2)29-12-4-11-24-21(26)14-25(17-7-10-19(22)20(23)13-17)30(27,28)18-8-5-16(3)6-9-18/h5-10,13,15H,4,11-12,14H2,1-3H3,(H,24,26). The van der Waals surface area contributed by atoms with Crippen LogP contribution in [0.2, 0.25) is 10.0 Å². The first-order chi connectivity index (χ1) is 14.1. The van der Waals surface area contributed by atoms with Crippen LogP contribution in [0.15, 0.2) is 47.4 Å². The third-order valence-electron chi connectivity index (χ3n) is 4.18. The first-order valence-electron chi connectivity index (χ1n) is 9.54. The summed E-state index contributed by atoms with van der Waals surface area (Å²) in [4.78, 5) is 12.6. The molecule has 30 heavy (non-hydrogen) atoms. The van der Waals surface area contributed by atoms with Crippen molar-refractivity contribution in [1.82, 2.24) is 5.32 Å². The van der Waals surface area contributed by atoms with E-state index in [1.807, 2.05) is 20.8 Å². The lowest BCUT2D eigenvalue weighted by Gasteiger charge is -2.24. The number of sulfonamides is 1. The summed E-state index contributed by atoms with van der Waals surface area (Å²) in [7, 11) is -4.00. The fourth-order valence-corrected chi connectivity index (χ4v) is 4.30. The van der Waals surface area contributed by atoms with Gasteiger partial charge in [-0.15, -0.1) is 0 Å². The van der Waals surface area contributed by atoms with Crippen molar-refractivity contribution in [2.75, 3.05) is 24.0 Å². The SMILES string of the molecule is Cc1ccc(S(=O)(=O)N(CC(=O)NCCCOC(C)C)c2ccc(Cl)c(Cl)c2)cc1. The molecule has 2 aromatic carbocycles. The molecule has 0 atom stereocenters. The molecule has 0 aliphatic rings. The molecule has 0 aliphatic carbocycles. The van der Waals surface area contributed by atoms with Gasteiger partial charge in [0.15, 0.2) is 0 Å². The number of nitrogens with zero attached hydrogens (tertiary/aromatic N) is 1. The van der Waals surface area contributed by atoms with Crippen LogP contribution in [0.3, 0.4) is 0 Å². The molecular formula is C21H26Cl2N2O4S. The molecule has 0 radical (unpaired) electrons. The van der Waals surface area contributed by atoms with Crippen LogP contribution in [-0.2, 0) is 19.6 Å². The summed E-state index contributed by atoms with van der Waals surface area (Å²) in [6.07, 6.45) is 0.743. The van der Waals surface area contributed by atoms with Gasteiger partial charge in [0.1, 0.15) is 6.54 Å². The van der Waals surface area contributed by atoms with Gasteiger partial charge in [-0.2, -0.15) is 0 Å². The highest BCUT2D eigenvalue weighted by molar-refractivity contribution is 7.92. The molecule has 0 spiro atoms. The second-order valence-electron chi connectivity index (χ2n) is 7.05. The van der Waals surface area contributed by atoms with Gasteiger partial charge in [0.2, 0.25) is 5.91 Å². The van der Waals surface area contributed by atoms with E-state index < -0.39 is 15.9 Å². The molecule has 0 aromatic heterocycles. The molecule has 2 aromatic rings. The minimum Gasteiger partial charge on any atom is -0.379 e. The maximum Gasteiger partial charge on any atom is 0.264 e. The Balaban J connectivity index is 2.22. The van der Waals surface area contributed by atoms with Gasteiger partial charge in [0.25, 0.3) is 10.0 Å². The number of carbonyl (C=O) groups excluding carboxylic acids is 1. The van der Waals surface area contributed by atoms with Crippen LogP contribution in [0.25, 0.3) is 0 Å². The molecule has 2 rings (SSSR count). The zero-order chi connectivity index (χ0) is 22.3. The van der Waals surface area contributed by atoms with Crippen molar-refractivity contribution >= 4 is 44.8 Å². The highest BCUT2D eigenvalue weighted by Gasteiger charge is 2.27. The van der Waals surface area contributed by atoms with Crippen molar-refractivity contribution < 1.29 is 17.9 Å². The Bertz CT molecular complexity index is 963. The van der Waals surface area contributed by atoms with Gasteiger partial charge in [0, 0.05) is 13.2 Å². The first kappa shape index (κ1) is 24.5. The van der Waals surface area contributed by atoms with Gasteiger partial charge in [-0.25, -0.2) is 8.42 Å². The van der Waals surface area contributed by atoms with Crippen LogP contribution >= 0.6 is 23.2 Å². The fraction of sp³-hybridized carbons (Fsp3) is 0.381. The number of hydrogen-bond acceptors (Lipinski definition) is 4. The lowest BCUT2D eigenvalue weighted by atomic mass is 10.2. The monoisotopic (exact) mass is 472 g/mol. The van der Waals surface area contributed by atoms with E-state index in [2.05, 4.69) is 5.32 Å². The van der Waals surface area contributed by atoms with Gasteiger partial charge in [-0.3, -0.25) is 9.10 Å². The first-order valence-corrected chi connectivity index (χ1v) is 11.7. The van der Waals surface area contributed by atoms with E-state index >= 15 is 0 Å². The molecule has 6 nitrogen and oxygen atoms in total. The maximum absolute atomic E-state index is 13.3. The van der Waals surface area contributed by atoms with Crippen LogP contribution in [0.5, 0.6) is 0 Å². The molecule has 0 bridgehead atoms. The lowest BCUT2D eigenvalue weighted by molar-refractivity contribution is -0.119. The summed E-state index contributed by atoms with van der Waals surface area (Å²) < 4.78 is 33.0. The molecule has 0 heterocycles. The van der Waals surface area contributed by atoms with E-state index in [1.165, 1.54) is 30.3 Å². The molecule has 0 fully saturated rings. The lowest BCUT2D eigenvalue weighted by Crippen LogP contribution is -2.41. The van der Waals surface area contributed by atoms with Gasteiger partial charge >= 0.3 is 0 Å². The molecular weight excluding hydrogens is 447 g/mol. The van der Waals surface area contributed by atoms with Crippen molar-refractivity contribution in [2.45, 2.75) is 38.2 Å². The summed E-state index contributed by atoms with van der Waals surface area (Å²) >= 11 is 12.1. The Morgan fingerprint density at radius 1 is 1.10 bits per heavy atom. The normalized spacial score (nSPS) is 11.5. The Labute approximate surface area is 188 Å². The number of halogens is 2. The number of anilines is 1. The molecule has 1 N–H and O–H groups in total. The van der Waals surface area contributed by atoms with Crippen LogP contribution in [-0.4, -0.2) is 40.1 Å². The third-order valence-corrected chi connectivity index (χ3v) is 6.71. The van der Waals surface area contributed by atoms with Gasteiger partial charge < -0.3 is 10.1 Å². The van der Waals surface area contributed by atoms with Crippen molar-refractivity contribution in [3.8, 4) is 0 Å². The second-order valence-corrected chi connectivity index (χ2v) is 9.72. The number of rotatable bonds is 10. The Hall–Kier alpha value is -1.80. The van der Waals surface area contributed by atoms with Gasteiger partial charge in [-0.1, -0.05) is 40.9 Å². The van der Waals surface area contributed by atoms with Crippen molar-refractivity contribution in [3.05, 3.63) is 58.1 Å². The minimum absolute atomic E-state index is 0.0808. The van der Waals surface area contributed by atoms with Crippen LogP contribution in [0, 0.1) is 6.92 Å². The second kappa shape index (κ2) is 11.0. The topological polar surface area (TPSA) is 75.7 Å². The molecule has 0 aliphatic heterocycles. The van der Waals surface area contributed by atoms with Crippen molar-refractivity contribution in [2.24, 2.45) is 0 Å². The van der Waals surface area contributed by atoms with E-state index in [0.717, 1.165) is 9.87 Å². The summed E-state index contributed by atoms with van der Waals surface area (Å²) in [5.74, 6) is -0.429. The highest BCUT2D eigenvalue weighted by Crippen LogP contribution is 2.30.